The summed E-state index contributed by atoms with van der Waals surface area (Å²) < 4.78 is 15.8. The molecule has 0 atom stereocenters. The summed E-state index contributed by atoms with van der Waals surface area (Å²) in [6.45, 7) is 4.59. The fraction of sp³-hybridized carbons (Fsp3) is 0.353. The fourth-order valence-electron chi connectivity index (χ4n) is 3.13. The number of carbonyl (C=O) groups is 1. The van der Waals surface area contributed by atoms with Crippen molar-refractivity contribution in [1.82, 2.24) is 19.7 Å². The van der Waals surface area contributed by atoms with Crippen molar-refractivity contribution in [3.8, 4) is 0 Å². The summed E-state index contributed by atoms with van der Waals surface area (Å²) >= 11 is 1.49. The van der Waals surface area contributed by atoms with Gasteiger partial charge in [-0.05, 0) is 30.7 Å². The molecule has 1 aliphatic rings. The molecule has 0 aliphatic carbocycles. The van der Waals surface area contributed by atoms with Crippen molar-refractivity contribution in [2.24, 2.45) is 7.05 Å². The Morgan fingerprint density at radius 3 is 2.68 bits per heavy atom. The van der Waals surface area contributed by atoms with Crippen LogP contribution in [-0.4, -0.2) is 51.8 Å². The zero-order chi connectivity index (χ0) is 17.6. The van der Waals surface area contributed by atoms with Crippen molar-refractivity contribution in [1.29, 1.82) is 0 Å². The number of rotatable bonds is 2. The van der Waals surface area contributed by atoms with Gasteiger partial charge in [-0.2, -0.15) is 5.10 Å². The van der Waals surface area contributed by atoms with Gasteiger partial charge in [0.15, 0.2) is 5.13 Å². The monoisotopic (exact) mass is 359 g/mol. The van der Waals surface area contributed by atoms with Gasteiger partial charge < -0.3 is 9.80 Å². The first-order valence-corrected chi connectivity index (χ1v) is 8.93. The molecule has 4 rings (SSSR count). The molecule has 1 fully saturated rings. The molecule has 3 heterocycles. The highest BCUT2D eigenvalue weighted by Gasteiger charge is 2.26. The Morgan fingerprint density at radius 2 is 2.00 bits per heavy atom. The van der Waals surface area contributed by atoms with Crippen molar-refractivity contribution >= 4 is 32.6 Å². The van der Waals surface area contributed by atoms with Crippen molar-refractivity contribution in [2.75, 3.05) is 31.1 Å². The van der Waals surface area contributed by atoms with E-state index in [-0.39, 0.29) is 11.7 Å². The standard InChI is InChI=1S/C17H18FN5OS/c1-11-10-19-21(2)15(11)16(24)22-5-7-23(8-6-22)17-20-13-4-3-12(18)9-14(13)25-17/h3-4,9-10H,5-8H2,1-2H3. The van der Waals surface area contributed by atoms with Gasteiger partial charge in [0.1, 0.15) is 11.5 Å². The second kappa shape index (κ2) is 6.11. The Balaban J connectivity index is 1.48. The topological polar surface area (TPSA) is 54.3 Å². The summed E-state index contributed by atoms with van der Waals surface area (Å²) in [6.07, 6.45) is 1.71. The van der Waals surface area contributed by atoms with E-state index in [1.165, 1.54) is 23.5 Å². The van der Waals surface area contributed by atoms with Crippen LogP contribution in [0.25, 0.3) is 10.2 Å². The van der Waals surface area contributed by atoms with Crippen molar-refractivity contribution in [3.05, 3.63) is 41.5 Å². The molecule has 25 heavy (non-hydrogen) atoms. The molecule has 6 nitrogen and oxygen atoms in total. The zero-order valence-corrected chi connectivity index (χ0v) is 14.9. The first-order valence-electron chi connectivity index (χ1n) is 8.12. The Morgan fingerprint density at radius 1 is 1.24 bits per heavy atom. The van der Waals surface area contributed by atoms with Gasteiger partial charge in [0.2, 0.25) is 0 Å². The number of hydrogen-bond donors (Lipinski definition) is 0. The van der Waals surface area contributed by atoms with Crippen LogP contribution >= 0.6 is 11.3 Å². The van der Waals surface area contributed by atoms with Crippen molar-refractivity contribution < 1.29 is 9.18 Å². The molecule has 0 unspecified atom stereocenters. The van der Waals surface area contributed by atoms with Gasteiger partial charge in [-0.3, -0.25) is 9.48 Å². The SMILES string of the molecule is Cc1cnn(C)c1C(=O)N1CCN(c2nc3ccc(F)cc3s2)CC1. The maximum atomic E-state index is 13.3. The van der Waals surface area contributed by atoms with Gasteiger partial charge in [-0.1, -0.05) is 11.3 Å². The smallest absolute Gasteiger partial charge is 0.272 e. The average Bonchev–Trinajstić information content (AvgIpc) is 3.17. The van der Waals surface area contributed by atoms with Crippen LogP contribution in [0.1, 0.15) is 16.1 Å². The molecule has 1 aliphatic heterocycles. The molecule has 0 saturated carbocycles. The van der Waals surface area contributed by atoms with Crippen LogP contribution in [0.5, 0.6) is 0 Å². The van der Waals surface area contributed by atoms with Crippen molar-refractivity contribution in [2.45, 2.75) is 6.92 Å². The summed E-state index contributed by atoms with van der Waals surface area (Å²) in [4.78, 5) is 21.3. The zero-order valence-electron chi connectivity index (χ0n) is 14.1. The molecule has 2 aromatic heterocycles. The first-order chi connectivity index (χ1) is 12.0. The van der Waals surface area contributed by atoms with E-state index in [4.69, 9.17) is 0 Å². The van der Waals surface area contributed by atoms with Gasteiger partial charge in [-0.15, -0.1) is 0 Å². The quantitative estimate of drug-likeness (QED) is 0.705. The number of nitrogens with zero attached hydrogens (tertiary/aromatic N) is 5. The normalized spacial score (nSPS) is 15.2. The van der Waals surface area contributed by atoms with E-state index in [2.05, 4.69) is 15.0 Å². The van der Waals surface area contributed by atoms with Crippen LogP contribution in [0.15, 0.2) is 24.4 Å². The number of piperazine rings is 1. The molecule has 130 valence electrons. The van der Waals surface area contributed by atoms with Gasteiger partial charge in [0.05, 0.1) is 16.4 Å². The predicted octanol–water partition coefficient (Wildman–Crippen LogP) is 2.44. The molecule has 0 radical (unpaired) electrons. The molecular weight excluding hydrogens is 341 g/mol. The fourth-order valence-corrected chi connectivity index (χ4v) is 4.17. The Bertz CT molecular complexity index is 922. The summed E-state index contributed by atoms with van der Waals surface area (Å²) in [5.74, 6) is -0.229. The number of fused-ring (bicyclic) bond motifs is 1. The highest BCUT2D eigenvalue weighted by Crippen LogP contribution is 2.30. The number of amides is 1. The number of anilines is 1. The Hall–Kier alpha value is -2.48. The molecule has 0 bridgehead atoms. The highest BCUT2D eigenvalue weighted by atomic mass is 32.1. The second-order valence-electron chi connectivity index (χ2n) is 6.19. The lowest BCUT2D eigenvalue weighted by molar-refractivity contribution is 0.0735. The van der Waals surface area contributed by atoms with E-state index in [1.807, 2.05) is 11.8 Å². The first kappa shape index (κ1) is 16.0. The van der Waals surface area contributed by atoms with E-state index < -0.39 is 0 Å². The third-order valence-electron chi connectivity index (χ3n) is 4.50. The number of benzene rings is 1. The average molecular weight is 359 g/mol. The number of thiazole rings is 1. The molecule has 1 saturated heterocycles. The van der Waals surface area contributed by atoms with Gasteiger partial charge >= 0.3 is 0 Å². The Labute approximate surface area is 148 Å². The van der Waals surface area contributed by atoms with Crippen molar-refractivity contribution in [3.63, 3.8) is 0 Å². The lowest BCUT2D eigenvalue weighted by Crippen LogP contribution is -2.49. The minimum atomic E-state index is -0.246. The highest BCUT2D eigenvalue weighted by molar-refractivity contribution is 7.22. The van der Waals surface area contributed by atoms with Crippen LogP contribution in [0.3, 0.4) is 0 Å². The van der Waals surface area contributed by atoms with E-state index in [0.717, 1.165) is 20.9 Å². The van der Waals surface area contributed by atoms with E-state index in [1.54, 1.807) is 24.0 Å². The lowest BCUT2D eigenvalue weighted by atomic mass is 10.2. The number of aryl methyl sites for hydroxylation is 2. The lowest BCUT2D eigenvalue weighted by Gasteiger charge is -2.34. The third kappa shape index (κ3) is 2.86. The van der Waals surface area contributed by atoms with E-state index in [0.29, 0.717) is 31.9 Å². The van der Waals surface area contributed by atoms with Crippen LogP contribution < -0.4 is 4.90 Å². The molecule has 0 spiro atoms. The Kier molecular flexibility index (Phi) is 3.91. The summed E-state index contributed by atoms with van der Waals surface area (Å²) in [7, 11) is 1.79. The molecular formula is C17H18FN5OS. The maximum absolute atomic E-state index is 13.3. The van der Waals surface area contributed by atoms with Gasteiger partial charge in [0, 0.05) is 33.2 Å². The number of halogens is 1. The third-order valence-corrected chi connectivity index (χ3v) is 5.58. The molecule has 8 heteroatoms. The van der Waals surface area contributed by atoms with Crippen LogP contribution in [0, 0.1) is 12.7 Å². The predicted molar refractivity (Wildman–Crippen MR) is 95.6 cm³/mol. The summed E-state index contributed by atoms with van der Waals surface area (Å²) in [5.41, 5.74) is 2.34. The summed E-state index contributed by atoms with van der Waals surface area (Å²) in [6, 6.07) is 4.65. The molecule has 3 aromatic rings. The van der Waals surface area contributed by atoms with Crippen LogP contribution in [0.2, 0.25) is 0 Å². The summed E-state index contributed by atoms with van der Waals surface area (Å²) in [5, 5.41) is 5.02. The number of hydrogen-bond acceptors (Lipinski definition) is 5. The molecule has 0 N–H and O–H groups in total. The van der Waals surface area contributed by atoms with E-state index in [9.17, 15) is 9.18 Å². The maximum Gasteiger partial charge on any atom is 0.272 e. The number of aromatic nitrogens is 3. The molecule has 1 amide bonds. The number of carbonyl (C=O) groups excluding carboxylic acids is 1. The minimum Gasteiger partial charge on any atom is -0.345 e. The largest absolute Gasteiger partial charge is 0.345 e. The van der Waals surface area contributed by atoms with E-state index >= 15 is 0 Å². The van der Waals surface area contributed by atoms with Crippen LogP contribution in [0.4, 0.5) is 9.52 Å². The van der Waals surface area contributed by atoms with Crippen LogP contribution in [-0.2, 0) is 7.05 Å². The van der Waals surface area contributed by atoms with Gasteiger partial charge in [-0.25, -0.2) is 9.37 Å². The minimum absolute atomic E-state index is 0.0171. The molecule has 1 aromatic carbocycles. The second-order valence-corrected chi connectivity index (χ2v) is 7.20. The van der Waals surface area contributed by atoms with Gasteiger partial charge in [0.25, 0.3) is 5.91 Å².